The first-order chi connectivity index (χ1) is 41.9. The minimum atomic E-state index is -0.858. The van der Waals surface area contributed by atoms with Crippen LogP contribution in [0.1, 0.15) is 141 Å². The first kappa shape index (κ1) is 58.9. The van der Waals surface area contributed by atoms with Gasteiger partial charge in [-0.25, -0.2) is 0 Å². The van der Waals surface area contributed by atoms with Gasteiger partial charge in [0, 0.05) is 103 Å². The van der Waals surface area contributed by atoms with Crippen molar-refractivity contribution in [2.75, 3.05) is 46.0 Å². The van der Waals surface area contributed by atoms with Crippen LogP contribution in [0.15, 0.2) is 83.6 Å². The number of nitrogens with two attached hydrogens (primary N) is 1. The predicted molar refractivity (Wildman–Crippen MR) is 337 cm³/mol. The van der Waals surface area contributed by atoms with Gasteiger partial charge in [0.1, 0.15) is 42.0 Å². The number of carbonyl (C=O) groups excluding carboxylic acids is 1. The van der Waals surface area contributed by atoms with Crippen LogP contribution in [0.5, 0.6) is 28.7 Å². The van der Waals surface area contributed by atoms with E-state index < -0.39 is 48.4 Å². The van der Waals surface area contributed by atoms with E-state index in [0.29, 0.717) is 65.9 Å². The Bertz CT molecular complexity index is 3490. The second-order valence-electron chi connectivity index (χ2n) is 25.4. The highest BCUT2D eigenvalue weighted by Crippen LogP contribution is 2.64. The maximum Gasteiger partial charge on any atom is 0.302 e. The molecule has 6 aliphatic heterocycles. The average Bonchev–Trinajstić information content (AvgIpc) is 1.46. The minimum absolute atomic E-state index is 0.0209. The van der Waals surface area contributed by atoms with Crippen LogP contribution in [0.2, 0.25) is 0 Å². The van der Waals surface area contributed by atoms with E-state index >= 15 is 0 Å². The summed E-state index contributed by atoms with van der Waals surface area (Å²) in [6.45, 7) is 3.80. The van der Waals surface area contributed by atoms with Crippen molar-refractivity contribution in [2.45, 2.75) is 150 Å². The molecule has 9 aliphatic rings. The van der Waals surface area contributed by atoms with Gasteiger partial charge in [-0.2, -0.15) is 0 Å². The summed E-state index contributed by atoms with van der Waals surface area (Å²) in [6, 6.07) is 18.2. The molecule has 1 saturated heterocycles. The Labute approximate surface area is 513 Å². The molecule has 1 spiro atoms. The summed E-state index contributed by atoms with van der Waals surface area (Å²) in [7, 11) is 5.50. The van der Waals surface area contributed by atoms with Crippen LogP contribution < -0.4 is 35.9 Å². The van der Waals surface area contributed by atoms with Gasteiger partial charge >= 0.3 is 5.97 Å². The first-order valence-electron chi connectivity index (χ1n) is 31.1. The number of rotatable bonds is 10. The van der Waals surface area contributed by atoms with E-state index in [1.165, 1.54) is 18.9 Å². The second kappa shape index (κ2) is 25.2. The van der Waals surface area contributed by atoms with Crippen LogP contribution in [0.4, 0.5) is 0 Å². The Morgan fingerprint density at radius 2 is 1.86 bits per heavy atom. The topological polar surface area (TPSA) is 206 Å². The summed E-state index contributed by atoms with van der Waals surface area (Å²) in [5.74, 6) is 15.8. The van der Waals surface area contributed by atoms with Gasteiger partial charge in [0.25, 0.3) is 0 Å². The number of dihydropyridines is 1. The monoisotopic (exact) mass is 1200 g/mol. The van der Waals surface area contributed by atoms with Gasteiger partial charge in [-0.15, -0.1) is 5.92 Å². The van der Waals surface area contributed by atoms with Crippen molar-refractivity contribution in [3.05, 3.63) is 128 Å². The van der Waals surface area contributed by atoms with E-state index in [2.05, 4.69) is 107 Å². The number of methoxy groups -OCH3 is 1. The molecular weight excluding hydrogens is 1120 g/mol. The molecule has 13 atom stereocenters. The molecule has 4 aromatic rings. The largest absolute Gasteiger partial charge is 0.508 e. The number of carbonyl (C=O) groups is 1. The molecule has 14 nitrogen and oxygen atoms in total. The Morgan fingerprint density at radius 1 is 0.988 bits per heavy atom. The molecule has 86 heavy (non-hydrogen) atoms. The van der Waals surface area contributed by atoms with Crippen molar-refractivity contribution in [3.63, 3.8) is 0 Å². The van der Waals surface area contributed by atoms with E-state index in [1.54, 1.807) is 13.2 Å². The standard InChI is InChI=1S/C70H80N4O10S2/c1-4-43-27-46-24-41-22-23-70(30-41)31-47-28-50(78)29-58(82-38-76)60(47)52-18-17-51-55(36-81-39(2)77)65(83-66(51)63(52)70)62-53-19-21-57-68(59(26-40-10-6-5-7-11-40)86-85-37-42-12-8-15-49(25-42)73-57)84-67(53)64(79)54-33-72-32-48(34-75)45(35-80-3)14-9-13-44(61(54)62)16-20-56(46)74-69(43)71/h5-7,10-11,17-19,21,27-29,41-42,44-45,48-49,55,57,59,65,68-69,72-76,78-79H,4,8,12,14-15,22-26,30-38,71H2,1-3H3/t41-,42-,44+,45+,48+,49-,55+,57+,59-,65+,68+,69?,70-/m1/s1. The molecule has 1 unspecified atom stereocenters. The molecule has 9 N–H and O–H groups in total. The number of phenols is 2. The van der Waals surface area contributed by atoms with E-state index in [4.69, 9.17) is 29.4 Å². The van der Waals surface area contributed by atoms with Crippen LogP contribution in [0.3, 0.4) is 0 Å². The Balaban J connectivity index is 1.11. The van der Waals surface area contributed by atoms with Crippen LogP contribution >= 0.6 is 21.6 Å². The van der Waals surface area contributed by atoms with Crippen molar-refractivity contribution in [2.24, 2.45) is 29.4 Å². The number of fused-ring (bicyclic) bond motifs is 10. The highest BCUT2D eigenvalue weighted by molar-refractivity contribution is 8.77. The van der Waals surface area contributed by atoms with Crippen molar-refractivity contribution in [1.29, 1.82) is 0 Å². The Kier molecular flexibility index (Phi) is 17.3. The zero-order valence-corrected chi connectivity index (χ0v) is 51.1. The van der Waals surface area contributed by atoms with Gasteiger partial charge in [-0.1, -0.05) is 107 Å². The summed E-state index contributed by atoms with van der Waals surface area (Å²) in [5, 5.41) is 57.9. The number of ether oxygens (including phenoxy) is 5. The number of aliphatic hydroxyl groups is 2. The summed E-state index contributed by atoms with van der Waals surface area (Å²) < 4.78 is 33.7. The SMILES string of the molecule is CCC1=CC2=C(C#C[C@@H]3C#CC[C@@H](COC)[C@H](CO)CNCc4c(O)c5c(c(c43)[C@H]3Oc4c(ccc6c4[C@@]4(CC[C@H](C2)C4)Cc2cc(O)cc(OCO)c2-6)[C@@H]3COC(C)=O)C=C[C@@H]2N[C@@H]3CCC[C@@H](CSS[C@H](Cc4ccccc4)[C@H]2O5)C3)NC1N. The molecule has 4 aromatic carbocycles. The predicted octanol–water partition coefficient (Wildman–Crippen LogP) is 10.1. The lowest BCUT2D eigenvalue weighted by atomic mass is 9.65. The number of allylic oxidation sites excluding steroid dienone is 3. The maximum atomic E-state index is 13.7. The van der Waals surface area contributed by atoms with E-state index in [0.717, 1.165) is 114 Å². The summed E-state index contributed by atoms with van der Waals surface area (Å²) in [4.78, 5) is 13.3. The minimum Gasteiger partial charge on any atom is -0.508 e. The van der Waals surface area contributed by atoms with Crippen molar-refractivity contribution in [1.82, 2.24) is 16.0 Å². The molecule has 2 saturated carbocycles. The third-order valence-electron chi connectivity index (χ3n) is 20.0. The third kappa shape index (κ3) is 11.3. The van der Waals surface area contributed by atoms with Crippen LogP contribution in [0.25, 0.3) is 17.2 Å². The van der Waals surface area contributed by atoms with Gasteiger partial charge in [0.05, 0.1) is 35.7 Å². The first-order valence-corrected chi connectivity index (χ1v) is 33.5. The number of esters is 1. The number of hydrogen-bond donors (Lipinski definition) is 8. The maximum absolute atomic E-state index is 13.7. The van der Waals surface area contributed by atoms with Gasteiger partial charge in [-0.3, -0.25) is 4.79 Å². The van der Waals surface area contributed by atoms with Crippen LogP contribution in [-0.4, -0.2) is 102 Å². The highest BCUT2D eigenvalue weighted by atomic mass is 33.1. The number of nitrogens with one attached hydrogen (secondary N) is 3. The zero-order chi connectivity index (χ0) is 59.2. The van der Waals surface area contributed by atoms with Gasteiger partial charge in [0.15, 0.2) is 18.3 Å². The smallest absolute Gasteiger partial charge is 0.302 e. The molecule has 6 heterocycles. The van der Waals surface area contributed by atoms with E-state index in [9.17, 15) is 25.2 Å². The second-order valence-corrected chi connectivity index (χ2v) is 28.0. The molecule has 13 rings (SSSR count). The van der Waals surface area contributed by atoms with Crippen LogP contribution in [-0.2, 0) is 39.1 Å². The molecule has 3 aliphatic carbocycles. The highest BCUT2D eigenvalue weighted by Gasteiger charge is 2.52. The third-order valence-corrected chi connectivity index (χ3v) is 23.0. The fourth-order valence-electron chi connectivity index (χ4n) is 15.9. The lowest BCUT2D eigenvalue weighted by Crippen LogP contribution is -2.52. The molecule has 3 fully saturated rings. The lowest BCUT2D eigenvalue weighted by Gasteiger charge is -2.39. The normalized spacial score (nSPS) is 30.4. The Morgan fingerprint density at radius 3 is 2.67 bits per heavy atom. The van der Waals surface area contributed by atoms with Gasteiger partial charge in [-0.05, 0) is 127 Å². The van der Waals surface area contributed by atoms with Gasteiger partial charge in [0.2, 0.25) is 0 Å². The number of aromatic hydroxyl groups is 2. The molecule has 6 bridgehead atoms. The molecule has 452 valence electrons. The van der Waals surface area contributed by atoms with Crippen LogP contribution in [0, 0.1) is 47.4 Å². The summed E-state index contributed by atoms with van der Waals surface area (Å²) in [5.41, 5.74) is 17.7. The van der Waals surface area contributed by atoms with Gasteiger partial charge < -0.3 is 65.8 Å². The lowest BCUT2D eigenvalue weighted by molar-refractivity contribution is -0.141. The summed E-state index contributed by atoms with van der Waals surface area (Å²) in [6.07, 6.45) is 15.1. The quantitative estimate of drug-likeness (QED) is 0.0322. The van der Waals surface area contributed by atoms with E-state index in [1.807, 2.05) is 27.7 Å². The molecule has 16 heteroatoms. The average molecular weight is 1200 g/mol. The molecule has 0 aromatic heterocycles. The molecule has 0 radical (unpaired) electrons. The summed E-state index contributed by atoms with van der Waals surface area (Å²) >= 11 is 0. The Hall–Kier alpha value is -6.05. The number of aliphatic hydroxyl groups excluding tert-OH is 2. The number of hydrogen-bond acceptors (Lipinski definition) is 16. The van der Waals surface area contributed by atoms with Crippen molar-refractivity contribution >= 4 is 33.6 Å². The fourth-order valence-corrected chi connectivity index (χ4v) is 19.2. The van der Waals surface area contributed by atoms with E-state index in [-0.39, 0.29) is 66.3 Å². The number of phenolic OH excluding ortho intramolecular Hbond substituents is 2. The number of benzene rings is 4. The molecule has 0 amide bonds. The van der Waals surface area contributed by atoms with Crippen molar-refractivity contribution < 1.29 is 48.9 Å². The van der Waals surface area contributed by atoms with Crippen molar-refractivity contribution in [3.8, 4) is 63.6 Å². The zero-order valence-electron chi connectivity index (χ0n) is 49.4. The fraction of sp³-hybridized carbons (Fsp3) is 0.500. The molecular formula is C70H80N4O10S2.